The summed E-state index contributed by atoms with van der Waals surface area (Å²) in [7, 11) is 1.38. The molecule has 0 atom stereocenters. The first-order chi connectivity index (χ1) is 4.75. The van der Waals surface area contributed by atoms with E-state index in [-0.39, 0.29) is 5.97 Å². The molecule has 0 amide bonds. The minimum absolute atomic E-state index is 0.277. The molecule has 1 rings (SSSR count). The number of methoxy groups -OCH3 is 1. The van der Waals surface area contributed by atoms with Crippen LogP contribution in [0.3, 0.4) is 0 Å². The molecule has 0 unspecified atom stereocenters. The van der Waals surface area contributed by atoms with Crippen molar-refractivity contribution in [1.29, 1.82) is 0 Å². The van der Waals surface area contributed by atoms with E-state index >= 15 is 0 Å². The molecule has 0 heterocycles. The van der Waals surface area contributed by atoms with E-state index < -0.39 is 0 Å². The van der Waals surface area contributed by atoms with Crippen molar-refractivity contribution in [2.45, 2.75) is 6.42 Å². The third-order valence-electron chi connectivity index (χ3n) is 1.28. The Morgan fingerprint density at radius 2 is 2.40 bits per heavy atom. The fourth-order valence-electron chi connectivity index (χ4n) is 0.778. The second-order valence-corrected chi connectivity index (χ2v) is 2.75. The van der Waals surface area contributed by atoms with Crippen LogP contribution in [0, 0.1) is 0 Å². The van der Waals surface area contributed by atoms with Gasteiger partial charge in [-0.05, 0) is 6.42 Å². The summed E-state index contributed by atoms with van der Waals surface area (Å²) in [5.74, 6) is -0.277. The van der Waals surface area contributed by atoms with Gasteiger partial charge in [-0.15, -0.1) is 0 Å². The molecule has 0 saturated heterocycles. The number of ether oxygens (including phenoxy) is 1. The number of carbonyl (C=O) groups is 1. The minimum atomic E-state index is -0.277. The zero-order chi connectivity index (χ0) is 7.56. The maximum absolute atomic E-state index is 10.9. The Bertz CT molecular complexity index is 216. The van der Waals surface area contributed by atoms with Gasteiger partial charge in [0.25, 0.3) is 0 Å². The van der Waals surface area contributed by atoms with E-state index in [2.05, 4.69) is 20.7 Å². The molecule has 0 radical (unpaired) electrons. The van der Waals surface area contributed by atoms with Gasteiger partial charge in [-0.3, -0.25) is 0 Å². The van der Waals surface area contributed by atoms with Gasteiger partial charge in [0.2, 0.25) is 0 Å². The Morgan fingerprint density at radius 1 is 1.70 bits per heavy atom. The SMILES string of the molecule is COC(=O)C1=CCC=C1Br. The predicted molar refractivity (Wildman–Crippen MR) is 41.7 cm³/mol. The van der Waals surface area contributed by atoms with Gasteiger partial charge in [-0.1, -0.05) is 28.1 Å². The average molecular weight is 203 g/mol. The zero-order valence-electron chi connectivity index (χ0n) is 5.56. The fraction of sp³-hybridized carbons (Fsp3) is 0.286. The highest BCUT2D eigenvalue weighted by Crippen LogP contribution is 2.24. The van der Waals surface area contributed by atoms with E-state index in [1.807, 2.05) is 12.2 Å². The maximum Gasteiger partial charge on any atom is 0.338 e. The molecule has 0 spiro atoms. The number of rotatable bonds is 1. The number of carbonyl (C=O) groups excluding carboxylic acids is 1. The molecule has 10 heavy (non-hydrogen) atoms. The normalized spacial score (nSPS) is 16.2. The van der Waals surface area contributed by atoms with Crippen LogP contribution in [-0.4, -0.2) is 13.1 Å². The van der Waals surface area contributed by atoms with Crippen molar-refractivity contribution in [3.8, 4) is 0 Å². The molecule has 0 aromatic heterocycles. The van der Waals surface area contributed by atoms with Crippen molar-refractivity contribution in [1.82, 2.24) is 0 Å². The van der Waals surface area contributed by atoms with Gasteiger partial charge in [-0.2, -0.15) is 0 Å². The molecule has 0 aromatic carbocycles. The van der Waals surface area contributed by atoms with E-state index in [0.29, 0.717) is 5.57 Å². The van der Waals surface area contributed by atoms with E-state index in [4.69, 9.17) is 0 Å². The lowest BCUT2D eigenvalue weighted by Gasteiger charge is -1.97. The standard InChI is InChI=1S/C7H7BrO2/c1-10-7(9)5-3-2-4-6(5)8/h3-4H,2H2,1H3. The van der Waals surface area contributed by atoms with Crippen molar-refractivity contribution < 1.29 is 9.53 Å². The molecule has 0 bridgehead atoms. The summed E-state index contributed by atoms with van der Waals surface area (Å²) in [4.78, 5) is 10.9. The molecule has 0 saturated carbocycles. The lowest BCUT2D eigenvalue weighted by molar-refractivity contribution is -0.135. The fourth-order valence-corrected chi connectivity index (χ4v) is 1.29. The summed E-state index contributed by atoms with van der Waals surface area (Å²) >= 11 is 3.24. The first kappa shape index (κ1) is 7.54. The Balaban J connectivity index is 2.75. The molecular weight excluding hydrogens is 196 g/mol. The topological polar surface area (TPSA) is 26.3 Å². The molecule has 0 fully saturated rings. The van der Waals surface area contributed by atoms with Crippen LogP contribution in [0.2, 0.25) is 0 Å². The smallest absolute Gasteiger partial charge is 0.338 e. The van der Waals surface area contributed by atoms with Gasteiger partial charge in [0.15, 0.2) is 0 Å². The number of hydrogen-bond acceptors (Lipinski definition) is 2. The summed E-state index contributed by atoms with van der Waals surface area (Å²) in [6, 6.07) is 0. The quantitative estimate of drug-likeness (QED) is 0.607. The third-order valence-corrected chi connectivity index (χ3v) is 2.03. The van der Waals surface area contributed by atoms with E-state index in [0.717, 1.165) is 10.9 Å². The Hall–Kier alpha value is -0.570. The molecule has 0 aromatic rings. The van der Waals surface area contributed by atoms with Crippen LogP contribution in [0.15, 0.2) is 22.2 Å². The highest BCUT2D eigenvalue weighted by atomic mass is 79.9. The highest BCUT2D eigenvalue weighted by molar-refractivity contribution is 9.12. The van der Waals surface area contributed by atoms with Crippen molar-refractivity contribution in [3.05, 3.63) is 22.2 Å². The highest BCUT2D eigenvalue weighted by Gasteiger charge is 2.15. The van der Waals surface area contributed by atoms with Crippen LogP contribution in [-0.2, 0) is 9.53 Å². The number of halogens is 1. The monoisotopic (exact) mass is 202 g/mol. The summed E-state index contributed by atoms with van der Waals surface area (Å²) in [6.07, 6.45) is 4.56. The predicted octanol–water partition coefficient (Wildman–Crippen LogP) is 1.77. The number of allylic oxidation sites excluding steroid dienone is 2. The van der Waals surface area contributed by atoms with E-state index in [9.17, 15) is 4.79 Å². The van der Waals surface area contributed by atoms with Crippen molar-refractivity contribution in [2.24, 2.45) is 0 Å². The van der Waals surface area contributed by atoms with Crippen LogP contribution in [0.1, 0.15) is 6.42 Å². The lowest BCUT2D eigenvalue weighted by atomic mass is 10.3. The van der Waals surface area contributed by atoms with Gasteiger partial charge in [0.1, 0.15) is 0 Å². The van der Waals surface area contributed by atoms with Crippen molar-refractivity contribution in [3.63, 3.8) is 0 Å². The van der Waals surface area contributed by atoms with Gasteiger partial charge in [0.05, 0.1) is 12.7 Å². The Morgan fingerprint density at radius 3 is 2.80 bits per heavy atom. The Kier molecular flexibility index (Phi) is 2.27. The minimum Gasteiger partial charge on any atom is -0.465 e. The number of hydrogen-bond donors (Lipinski definition) is 0. The molecule has 1 aliphatic rings. The second-order valence-electron chi connectivity index (χ2n) is 1.90. The van der Waals surface area contributed by atoms with Crippen LogP contribution in [0.4, 0.5) is 0 Å². The lowest BCUT2D eigenvalue weighted by Crippen LogP contribution is -2.02. The van der Waals surface area contributed by atoms with Gasteiger partial charge < -0.3 is 4.74 Å². The summed E-state index contributed by atoms with van der Waals surface area (Å²) in [5, 5.41) is 0. The third kappa shape index (κ3) is 1.29. The van der Waals surface area contributed by atoms with E-state index in [1.165, 1.54) is 7.11 Å². The molecule has 3 heteroatoms. The van der Waals surface area contributed by atoms with Crippen LogP contribution in [0.5, 0.6) is 0 Å². The molecule has 0 aliphatic heterocycles. The van der Waals surface area contributed by atoms with Gasteiger partial charge >= 0.3 is 5.97 Å². The molecule has 54 valence electrons. The molecule has 2 nitrogen and oxygen atoms in total. The van der Waals surface area contributed by atoms with Crippen LogP contribution < -0.4 is 0 Å². The number of esters is 1. The second kappa shape index (κ2) is 3.01. The van der Waals surface area contributed by atoms with Crippen molar-refractivity contribution in [2.75, 3.05) is 7.11 Å². The summed E-state index contributed by atoms with van der Waals surface area (Å²) in [5.41, 5.74) is 0.627. The maximum atomic E-state index is 10.9. The Labute approximate surface area is 67.7 Å². The van der Waals surface area contributed by atoms with Crippen LogP contribution >= 0.6 is 15.9 Å². The molecule has 1 aliphatic carbocycles. The molecule has 0 N–H and O–H groups in total. The van der Waals surface area contributed by atoms with Gasteiger partial charge in [0, 0.05) is 4.48 Å². The van der Waals surface area contributed by atoms with E-state index in [1.54, 1.807) is 0 Å². The van der Waals surface area contributed by atoms with Crippen molar-refractivity contribution >= 4 is 21.9 Å². The average Bonchev–Trinajstić information content (AvgIpc) is 2.34. The first-order valence-corrected chi connectivity index (χ1v) is 3.69. The first-order valence-electron chi connectivity index (χ1n) is 2.90. The largest absolute Gasteiger partial charge is 0.465 e. The van der Waals surface area contributed by atoms with Crippen LogP contribution in [0.25, 0.3) is 0 Å². The summed E-state index contributed by atoms with van der Waals surface area (Å²) in [6.45, 7) is 0. The van der Waals surface area contributed by atoms with Gasteiger partial charge in [-0.25, -0.2) is 4.79 Å². The summed E-state index contributed by atoms with van der Waals surface area (Å²) < 4.78 is 5.36. The zero-order valence-corrected chi connectivity index (χ0v) is 7.14. The molecular formula is C7H7BrO2.